The van der Waals surface area contributed by atoms with Crippen LogP contribution in [-0.2, 0) is 4.79 Å². The van der Waals surface area contributed by atoms with E-state index in [2.05, 4.69) is 5.32 Å². The molecule has 0 aromatic carbocycles. The highest BCUT2D eigenvalue weighted by Gasteiger charge is 2.39. The van der Waals surface area contributed by atoms with E-state index in [0.29, 0.717) is 17.1 Å². The standard InChI is InChI=1S/C9H13F3N2O2S/c1-17-5-2-6-7(15)14(8(16)13-6)4-3-9(10,11)12/h6H,2-5H2,1H3,(H,13,16). The van der Waals surface area contributed by atoms with Crippen LogP contribution in [0.15, 0.2) is 0 Å². The van der Waals surface area contributed by atoms with Gasteiger partial charge in [0.15, 0.2) is 0 Å². The zero-order chi connectivity index (χ0) is 13.1. The average molecular weight is 270 g/mol. The molecule has 1 atom stereocenters. The maximum atomic E-state index is 12.0. The first-order valence-electron chi connectivity index (χ1n) is 5.02. The number of thioether (sulfide) groups is 1. The number of halogens is 3. The lowest BCUT2D eigenvalue weighted by molar-refractivity contribution is -0.141. The molecule has 0 aromatic rings. The van der Waals surface area contributed by atoms with Crippen LogP contribution in [0.1, 0.15) is 12.8 Å². The number of nitrogens with zero attached hydrogens (tertiary/aromatic N) is 1. The minimum Gasteiger partial charge on any atom is -0.326 e. The van der Waals surface area contributed by atoms with Gasteiger partial charge in [0, 0.05) is 6.54 Å². The summed E-state index contributed by atoms with van der Waals surface area (Å²) >= 11 is 1.51. The van der Waals surface area contributed by atoms with Gasteiger partial charge in [0.1, 0.15) is 6.04 Å². The van der Waals surface area contributed by atoms with Gasteiger partial charge >= 0.3 is 12.2 Å². The number of alkyl halides is 3. The van der Waals surface area contributed by atoms with Crippen LogP contribution in [0.3, 0.4) is 0 Å². The van der Waals surface area contributed by atoms with E-state index >= 15 is 0 Å². The normalized spacial score (nSPS) is 20.9. The van der Waals surface area contributed by atoms with Gasteiger partial charge in [-0.05, 0) is 18.4 Å². The molecular weight excluding hydrogens is 257 g/mol. The van der Waals surface area contributed by atoms with Crippen molar-refractivity contribution in [2.24, 2.45) is 0 Å². The number of nitrogens with one attached hydrogen (secondary N) is 1. The number of rotatable bonds is 5. The Hall–Kier alpha value is -0.920. The van der Waals surface area contributed by atoms with E-state index in [1.165, 1.54) is 11.8 Å². The molecule has 0 bridgehead atoms. The first-order valence-corrected chi connectivity index (χ1v) is 6.42. The fourth-order valence-electron chi connectivity index (χ4n) is 1.46. The first kappa shape index (κ1) is 14.1. The molecule has 0 aromatic heterocycles. The molecule has 1 aliphatic rings. The van der Waals surface area contributed by atoms with Gasteiger partial charge in [-0.25, -0.2) is 4.79 Å². The van der Waals surface area contributed by atoms with Crippen molar-refractivity contribution in [2.75, 3.05) is 18.6 Å². The number of carbonyl (C=O) groups excluding carboxylic acids is 2. The fourth-order valence-corrected chi connectivity index (χ4v) is 1.93. The molecule has 8 heteroatoms. The van der Waals surface area contributed by atoms with Crippen molar-refractivity contribution in [1.82, 2.24) is 10.2 Å². The van der Waals surface area contributed by atoms with Crippen LogP contribution in [0, 0.1) is 0 Å². The Labute approximate surface area is 101 Å². The second-order valence-electron chi connectivity index (χ2n) is 3.64. The van der Waals surface area contributed by atoms with Crippen LogP contribution in [0.25, 0.3) is 0 Å². The van der Waals surface area contributed by atoms with Crippen LogP contribution < -0.4 is 5.32 Å². The van der Waals surface area contributed by atoms with Gasteiger partial charge < -0.3 is 5.32 Å². The molecule has 17 heavy (non-hydrogen) atoms. The van der Waals surface area contributed by atoms with Gasteiger partial charge in [-0.2, -0.15) is 24.9 Å². The minimum absolute atomic E-state index is 0.439. The maximum Gasteiger partial charge on any atom is 0.390 e. The number of urea groups is 1. The highest BCUT2D eigenvalue weighted by molar-refractivity contribution is 7.98. The molecule has 0 saturated carbocycles. The number of amides is 3. The smallest absolute Gasteiger partial charge is 0.326 e. The van der Waals surface area contributed by atoms with Crippen molar-refractivity contribution in [3.63, 3.8) is 0 Å². The van der Waals surface area contributed by atoms with E-state index in [0.717, 1.165) is 0 Å². The van der Waals surface area contributed by atoms with E-state index in [4.69, 9.17) is 0 Å². The third-order valence-electron chi connectivity index (χ3n) is 2.34. The third kappa shape index (κ3) is 4.10. The monoisotopic (exact) mass is 270 g/mol. The van der Waals surface area contributed by atoms with Gasteiger partial charge in [-0.1, -0.05) is 0 Å². The van der Waals surface area contributed by atoms with Crippen molar-refractivity contribution >= 4 is 23.7 Å². The van der Waals surface area contributed by atoms with Crippen molar-refractivity contribution in [3.8, 4) is 0 Å². The average Bonchev–Trinajstić information content (AvgIpc) is 2.47. The summed E-state index contributed by atoms with van der Waals surface area (Å²) in [6.07, 6.45) is -3.24. The number of hydrogen-bond donors (Lipinski definition) is 1. The largest absolute Gasteiger partial charge is 0.390 e. The molecule has 0 spiro atoms. The maximum absolute atomic E-state index is 12.0. The Bertz CT molecular complexity index is 309. The van der Waals surface area contributed by atoms with E-state index in [1.807, 2.05) is 6.26 Å². The van der Waals surface area contributed by atoms with Crippen LogP contribution in [0.4, 0.5) is 18.0 Å². The van der Waals surface area contributed by atoms with E-state index in [1.54, 1.807) is 0 Å². The molecule has 3 amide bonds. The van der Waals surface area contributed by atoms with Crippen molar-refractivity contribution in [3.05, 3.63) is 0 Å². The molecule has 1 aliphatic heterocycles. The van der Waals surface area contributed by atoms with E-state index < -0.39 is 37.1 Å². The summed E-state index contributed by atoms with van der Waals surface area (Å²) in [5.41, 5.74) is 0. The van der Waals surface area contributed by atoms with Gasteiger partial charge in [0.2, 0.25) is 0 Å². The second kappa shape index (κ2) is 5.61. The van der Waals surface area contributed by atoms with Gasteiger partial charge in [-0.3, -0.25) is 9.69 Å². The Morgan fingerprint density at radius 1 is 1.41 bits per heavy atom. The Morgan fingerprint density at radius 3 is 2.59 bits per heavy atom. The topological polar surface area (TPSA) is 49.4 Å². The Kier molecular flexibility index (Phi) is 4.67. The summed E-state index contributed by atoms with van der Waals surface area (Å²) in [5.74, 6) is 0.109. The molecular formula is C9H13F3N2O2S. The lowest BCUT2D eigenvalue weighted by Crippen LogP contribution is -2.34. The lowest BCUT2D eigenvalue weighted by atomic mass is 10.2. The molecule has 1 heterocycles. The summed E-state index contributed by atoms with van der Waals surface area (Å²) in [6, 6.07) is -1.41. The van der Waals surface area contributed by atoms with Crippen LogP contribution in [-0.4, -0.2) is 47.6 Å². The molecule has 1 saturated heterocycles. The Morgan fingerprint density at radius 2 is 2.06 bits per heavy atom. The highest BCUT2D eigenvalue weighted by atomic mass is 32.2. The molecule has 0 radical (unpaired) electrons. The zero-order valence-electron chi connectivity index (χ0n) is 9.21. The number of hydrogen-bond acceptors (Lipinski definition) is 3. The van der Waals surface area contributed by atoms with Crippen LogP contribution >= 0.6 is 11.8 Å². The molecule has 1 rings (SSSR count). The SMILES string of the molecule is CSCCC1NC(=O)N(CCC(F)(F)F)C1=O. The lowest BCUT2D eigenvalue weighted by Gasteiger charge is -2.14. The summed E-state index contributed by atoms with van der Waals surface area (Å²) in [5, 5.41) is 2.38. The molecule has 98 valence electrons. The molecule has 1 unspecified atom stereocenters. The van der Waals surface area contributed by atoms with Gasteiger partial charge in [0.05, 0.1) is 6.42 Å². The zero-order valence-corrected chi connectivity index (χ0v) is 10.0. The predicted octanol–water partition coefficient (Wildman–Crippen LogP) is 1.61. The summed E-state index contributed by atoms with van der Waals surface area (Å²) in [7, 11) is 0. The van der Waals surface area contributed by atoms with Crippen molar-refractivity contribution in [1.29, 1.82) is 0 Å². The Balaban J connectivity index is 2.51. The number of imide groups is 1. The highest BCUT2D eigenvalue weighted by Crippen LogP contribution is 2.21. The summed E-state index contributed by atoms with van der Waals surface area (Å²) < 4.78 is 36.0. The molecule has 1 N–H and O–H groups in total. The molecule has 1 fully saturated rings. The minimum atomic E-state index is -4.36. The number of carbonyl (C=O) groups is 2. The van der Waals surface area contributed by atoms with Gasteiger partial charge in [-0.15, -0.1) is 0 Å². The summed E-state index contributed by atoms with van der Waals surface area (Å²) in [4.78, 5) is 23.5. The molecule has 0 aliphatic carbocycles. The molecule has 4 nitrogen and oxygen atoms in total. The van der Waals surface area contributed by atoms with Crippen LogP contribution in [0.2, 0.25) is 0 Å². The fraction of sp³-hybridized carbons (Fsp3) is 0.778. The van der Waals surface area contributed by atoms with Crippen molar-refractivity contribution < 1.29 is 22.8 Å². The second-order valence-corrected chi connectivity index (χ2v) is 4.62. The van der Waals surface area contributed by atoms with E-state index in [-0.39, 0.29) is 0 Å². The first-order chi connectivity index (χ1) is 7.85. The quantitative estimate of drug-likeness (QED) is 0.772. The van der Waals surface area contributed by atoms with E-state index in [9.17, 15) is 22.8 Å². The summed E-state index contributed by atoms with van der Waals surface area (Å²) in [6.45, 7) is -0.607. The van der Waals surface area contributed by atoms with Crippen molar-refractivity contribution in [2.45, 2.75) is 25.1 Å². The van der Waals surface area contributed by atoms with Gasteiger partial charge in [0.25, 0.3) is 5.91 Å². The predicted molar refractivity (Wildman–Crippen MR) is 57.7 cm³/mol. The third-order valence-corrected chi connectivity index (χ3v) is 2.98. The van der Waals surface area contributed by atoms with Crippen LogP contribution in [0.5, 0.6) is 0 Å².